The van der Waals surface area contributed by atoms with Crippen molar-refractivity contribution >= 4 is 16.8 Å². The molecule has 0 saturated carbocycles. The number of carbonyl (C=O) groups is 1. The Morgan fingerprint density at radius 2 is 1.69 bits per heavy atom. The van der Waals surface area contributed by atoms with Crippen LogP contribution in [0.2, 0.25) is 0 Å². The lowest BCUT2D eigenvalue weighted by Gasteiger charge is -2.19. The van der Waals surface area contributed by atoms with Crippen LogP contribution in [0, 0.1) is 11.8 Å². The van der Waals surface area contributed by atoms with Crippen LogP contribution in [0.3, 0.4) is 0 Å². The van der Waals surface area contributed by atoms with Gasteiger partial charge in [0.05, 0.1) is 11.0 Å². The van der Waals surface area contributed by atoms with Gasteiger partial charge in [0.25, 0.3) is 0 Å². The van der Waals surface area contributed by atoms with Crippen molar-refractivity contribution in [3.8, 4) is 28.7 Å². The molecule has 1 aromatic heterocycles. The van der Waals surface area contributed by atoms with Gasteiger partial charge in [-0.15, -0.1) is 0 Å². The Morgan fingerprint density at radius 3 is 2.37 bits per heavy atom. The number of nitrogens with zero attached hydrogens (tertiary/aromatic N) is 1. The fourth-order valence-electron chi connectivity index (χ4n) is 3.30. The first-order valence-electron chi connectivity index (χ1n) is 10.3. The first-order chi connectivity index (χ1) is 16.5. The Labute approximate surface area is 196 Å². The topological polar surface area (TPSA) is 55.0 Å². The summed E-state index contributed by atoms with van der Waals surface area (Å²) in [5.41, 5.74) is 4.12. The molecule has 0 unspecified atom stereocenters. The maximum atomic E-state index is 13.0. The number of imidazole rings is 1. The van der Waals surface area contributed by atoms with Crippen LogP contribution in [-0.2, 0) is 0 Å². The van der Waals surface area contributed by atoms with E-state index in [2.05, 4.69) is 26.5 Å². The number of alkyl halides is 5. The van der Waals surface area contributed by atoms with Crippen LogP contribution in [0.4, 0.5) is 22.0 Å². The van der Waals surface area contributed by atoms with E-state index in [4.69, 9.17) is 0 Å². The summed E-state index contributed by atoms with van der Waals surface area (Å²) in [6.45, 7) is -0.296. The Balaban J connectivity index is 1.50. The van der Waals surface area contributed by atoms with Gasteiger partial charge in [0.15, 0.2) is 18.2 Å². The van der Waals surface area contributed by atoms with Gasteiger partial charge in [0.2, 0.25) is 0 Å². The predicted octanol–water partition coefficient (Wildman–Crippen LogP) is 6.41. The molecule has 0 aliphatic heterocycles. The van der Waals surface area contributed by atoms with E-state index in [1.54, 1.807) is 12.1 Å². The summed E-state index contributed by atoms with van der Waals surface area (Å²) in [7, 11) is 0. The number of fused-ring (bicyclic) bond motifs is 1. The molecule has 0 radical (unpaired) electrons. The number of hydrogen-bond acceptors (Lipinski definition) is 3. The highest BCUT2D eigenvalue weighted by Crippen LogP contribution is 2.35. The molecule has 1 heterocycles. The number of ketones is 1. The molecule has 4 aromatic rings. The minimum atomic E-state index is -5.68. The maximum absolute atomic E-state index is 13.0. The number of Topliss-reactive ketones (excluding diaryl/α,β-unsaturated/α-hetero) is 1. The summed E-state index contributed by atoms with van der Waals surface area (Å²) in [5, 5.41) is 0. The minimum absolute atomic E-state index is 0.0419. The second kappa shape index (κ2) is 9.22. The highest BCUT2D eigenvalue weighted by Gasteiger charge is 2.58. The van der Waals surface area contributed by atoms with Gasteiger partial charge in [0.1, 0.15) is 5.75 Å². The van der Waals surface area contributed by atoms with E-state index < -0.39 is 18.7 Å². The average molecular weight is 484 g/mol. The number of rotatable bonds is 5. The van der Waals surface area contributed by atoms with Gasteiger partial charge >= 0.3 is 12.1 Å². The fourth-order valence-corrected chi connectivity index (χ4v) is 3.30. The number of benzene rings is 3. The molecular formula is C26H17F5N2O2. The number of aromatic amines is 1. The number of carbonyl (C=O) groups excluding carboxylic acids is 1. The van der Waals surface area contributed by atoms with Gasteiger partial charge in [-0.05, 0) is 60.4 Å². The van der Waals surface area contributed by atoms with Gasteiger partial charge < -0.3 is 9.72 Å². The van der Waals surface area contributed by atoms with Crippen molar-refractivity contribution in [3.63, 3.8) is 0 Å². The Hall–Kier alpha value is -4.19. The average Bonchev–Trinajstić information content (AvgIpc) is 3.23. The zero-order valence-electron chi connectivity index (χ0n) is 18.2. The monoisotopic (exact) mass is 484 g/mol. The van der Waals surface area contributed by atoms with Crippen LogP contribution in [0.1, 0.15) is 28.7 Å². The van der Waals surface area contributed by atoms with Crippen LogP contribution in [0.5, 0.6) is 5.75 Å². The highest BCUT2D eigenvalue weighted by atomic mass is 19.4. The van der Waals surface area contributed by atoms with E-state index >= 15 is 0 Å². The largest absolute Gasteiger partial charge is 0.487 e. The van der Waals surface area contributed by atoms with Crippen molar-refractivity contribution in [1.82, 2.24) is 9.97 Å². The molecule has 9 heteroatoms. The molecule has 3 aromatic carbocycles. The summed E-state index contributed by atoms with van der Waals surface area (Å²) in [6, 6.07) is 18.2. The molecule has 0 amide bonds. The predicted molar refractivity (Wildman–Crippen MR) is 120 cm³/mol. The SMILES string of the molecule is CC(=O)c1ccccc1-c1ccc2[nH]c(C#Cc3ccc(OCC(F)(F)C(F)(F)F)cc3)nc2c1. The molecule has 0 atom stereocenters. The van der Waals surface area contributed by atoms with E-state index in [-0.39, 0.29) is 11.5 Å². The smallest absolute Gasteiger partial charge is 0.456 e. The van der Waals surface area contributed by atoms with Crippen molar-refractivity contribution < 1.29 is 31.5 Å². The van der Waals surface area contributed by atoms with Crippen LogP contribution >= 0.6 is 0 Å². The van der Waals surface area contributed by atoms with E-state index in [0.717, 1.165) is 16.6 Å². The molecule has 1 N–H and O–H groups in total. The summed E-state index contributed by atoms with van der Waals surface area (Å²) in [5.74, 6) is 0.952. The van der Waals surface area contributed by atoms with Gasteiger partial charge in [0, 0.05) is 11.1 Å². The van der Waals surface area contributed by atoms with Crippen molar-refractivity contribution in [2.75, 3.05) is 6.61 Å². The lowest BCUT2D eigenvalue weighted by molar-refractivity contribution is -0.290. The minimum Gasteiger partial charge on any atom is -0.487 e. The first kappa shape index (κ1) is 24.0. The Kier molecular flexibility index (Phi) is 6.31. The highest BCUT2D eigenvalue weighted by molar-refractivity contribution is 6.01. The third-order valence-corrected chi connectivity index (χ3v) is 5.11. The zero-order valence-corrected chi connectivity index (χ0v) is 18.2. The van der Waals surface area contributed by atoms with E-state index in [9.17, 15) is 26.7 Å². The lowest BCUT2D eigenvalue weighted by atomic mass is 9.97. The van der Waals surface area contributed by atoms with Crippen molar-refractivity contribution in [2.45, 2.75) is 19.0 Å². The van der Waals surface area contributed by atoms with Gasteiger partial charge in [-0.1, -0.05) is 36.3 Å². The standard InChI is InChI=1S/C26H17F5N2O2/c1-16(34)20-4-2-3-5-21(20)18-9-12-22-23(14-18)33-24(32-22)13-8-17-6-10-19(11-7-17)35-15-25(27,28)26(29,30)31/h2-7,9-12,14H,15H2,1H3,(H,32,33). The second-order valence-electron chi connectivity index (χ2n) is 7.68. The Morgan fingerprint density at radius 1 is 0.971 bits per heavy atom. The number of aromatic nitrogens is 2. The molecule has 4 nitrogen and oxygen atoms in total. The summed E-state index contributed by atoms with van der Waals surface area (Å²) in [6.07, 6.45) is -5.68. The van der Waals surface area contributed by atoms with E-state index in [1.165, 1.54) is 31.2 Å². The van der Waals surface area contributed by atoms with Crippen LogP contribution in [0.15, 0.2) is 66.7 Å². The molecule has 35 heavy (non-hydrogen) atoms. The molecule has 0 bridgehead atoms. The van der Waals surface area contributed by atoms with Gasteiger partial charge in [-0.3, -0.25) is 4.79 Å². The first-order valence-corrected chi connectivity index (χ1v) is 10.3. The van der Waals surface area contributed by atoms with Gasteiger partial charge in [-0.25, -0.2) is 4.98 Å². The molecule has 0 spiro atoms. The zero-order chi connectivity index (χ0) is 25.2. The number of halogens is 5. The number of ether oxygens (including phenoxy) is 1. The fraction of sp³-hybridized carbons (Fsp3) is 0.154. The Bertz CT molecular complexity index is 1440. The number of hydrogen-bond donors (Lipinski definition) is 1. The van der Waals surface area contributed by atoms with Crippen LogP contribution in [0.25, 0.3) is 22.2 Å². The number of H-pyrrole nitrogens is 1. The van der Waals surface area contributed by atoms with Crippen molar-refractivity contribution in [2.24, 2.45) is 0 Å². The quantitative estimate of drug-likeness (QED) is 0.202. The summed E-state index contributed by atoms with van der Waals surface area (Å²) < 4.78 is 67.2. The molecule has 178 valence electrons. The van der Waals surface area contributed by atoms with E-state index in [0.29, 0.717) is 22.5 Å². The van der Waals surface area contributed by atoms with Crippen LogP contribution in [-0.4, -0.2) is 34.5 Å². The molecule has 0 saturated heterocycles. The summed E-state index contributed by atoms with van der Waals surface area (Å²) >= 11 is 0. The molecule has 0 fully saturated rings. The van der Waals surface area contributed by atoms with Crippen LogP contribution < -0.4 is 4.74 Å². The normalized spacial score (nSPS) is 11.7. The summed E-state index contributed by atoms with van der Waals surface area (Å²) in [4.78, 5) is 19.5. The second-order valence-corrected chi connectivity index (χ2v) is 7.68. The van der Waals surface area contributed by atoms with Crippen molar-refractivity contribution in [3.05, 3.63) is 83.7 Å². The maximum Gasteiger partial charge on any atom is 0.456 e. The van der Waals surface area contributed by atoms with E-state index in [1.807, 2.05) is 30.3 Å². The molecule has 4 rings (SSSR count). The van der Waals surface area contributed by atoms with Gasteiger partial charge in [-0.2, -0.15) is 22.0 Å². The lowest BCUT2D eigenvalue weighted by Crippen LogP contribution is -2.41. The number of nitrogens with one attached hydrogen (secondary N) is 1. The molecular weight excluding hydrogens is 467 g/mol. The molecule has 0 aliphatic carbocycles. The third-order valence-electron chi connectivity index (χ3n) is 5.11. The molecule has 0 aliphatic rings. The van der Waals surface area contributed by atoms with Crippen molar-refractivity contribution in [1.29, 1.82) is 0 Å². The third kappa shape index (κ3) is 5.32.